The summed E-state index contributed by atoms with van der Waals surface area (Å²) in [6.45, 7) is 0. The molecule has 0 fully saturated rings. The second-order valence-corrected chi connectivity index (χ2v) is 7.25. The molecule has 22 heavy (non-hydrogen) atoms. The molecule has 0 atom stereocenters. The van der Waals surface area contributed by atoms with Gasteiger partial charge in [0, 0.05) is 22.2 Å². The van der Waals surface area contributed by atoms with Gasteiger partial charge in [-0.3, -0.25) is 9.78 Å². The van der Waals surface area contributed by atoms with E-state index in [1.807, 2.05) is 35.0 Å². The molecule has 3 rings (SSSR count). The summed E-state index contributed by atoms with van der Waals surface area (Å²) in [5.74, 6) is 1.27. The third kappa shape index (κ3) is 4.16. The van der Waals surface area contributed by atoms with Gasteiger partial charge in [0.1, 0.15) is 5.69 Å². The molecule has 0 aliphatic carbocycles. The molecule has 1 amide bonds. The van der Waals surface area contributed by atoms with E-state index >= 15 is 0 Å². The van der Waals surface area contributed by atoms with Crippen LogP contribution < -0.4 is 5.32 Å². The maximum atomic E-state index is 11.9. The fourth-order valence-electron chi connectivity index (χ4n) is 1.76. The molecule has 3 aromatic rings. The number of thioether (sulfide) groups is 1. The minimum absolute atomic E-state index is 0.0246. The Morgan fingerprint density at radius 2 is 2.14 bits per heavy atom. The van der Waals surface area contributed by atoms with Gasteiger partial charge in [0.25, 0.3) is 0 Å². The van der Waals surface area contributed by atoms with Crippen LogP contribution in [-0.2, 0) is 10.5 Å². The minimum atomic E-state index is -0.0246. The van der Waals surface area contributed by atoms with E-state index < -0.39 is 0 Å². The molecule has 112 valence electrons. The standard InChI is InChI=1S/C15H13N3OS3/c19-14(10-20-8-11-4-3-7-21-11)18-15-17-13(9-22-15)12-5-1-2-6-16-12/h1-7,9H,8,10H2,(H,17,18,19). The Labute approximate surface area is 140 Å². The van der Waals surface area contributed by atoms with Gasteiger partial charge in [0.15, 0.2) is 5.13 Å². The predicted octanol–water partition coefficient (Wildman–Crippen LogP) is 4.14. The number of amides is 1. The van der Waals surface area contributed by atoms with Gasteiger partial charge < -0.3 is 5.32 Å². The predicted molar refractivity (Wildman–Crippen MR) is 94.5 cm³/mol. The average Bonchev–Trinajstić information content (AvgIpc) is 3.20. The van der Waals surface area contributed by atoms with E-state index in [0.29, 0.717) is 10.9 Å². The van der Waals surface area contributed by atoms with Crippen LogP contribution in [0.15, 0.2) is 47.3 Å². The summed E-state index contributed by atoms with van der Waals surface area (Å²) in [6.07, 6.45) is 1.73. The molecule has 0 aliphatic rings. The first-order chi connectivity index (χ1) is 10.8. The Morgan fingerprint density at radius 1 is 1.18 bits per heavy atom. The smallest absolute Gasteiger partial charge is 0.236 e. The number of rotatable bonds is 6. The van der Waals surface area contributed by atoms with Crippen molar-refractivity contribution in [1.82, 2.24) is 9.97 Å². The van der Waals surface area contributed by atoms with Gasteiger partial charge in [-0.05, 0) is 23.6 Å². The zero-order valence-electron chi connectivity index (χ0n) is 11.6. The van der Waals surface area contributed by atoms with E-state index in [2.05, 4.69) is 21.4 Å². The third-order valence-electron chi connectivity index (χ3n) is 2.74. The second kappa shape index (κ2) is 7.53. The van der Waals surface area contributed by atoms with Gasteiger partial charge in [-0.1, -0.05) is 12.1 Å². The number of hydrogen-bond donors (Lipinski definition) is 1. The van der Waals surface area contributed by atoms with Crippen LogP contribution in [0.25, 0.3) is 11.4 Å². The van der Waals surface area contributed by atoms with Crippen LogP contribution in [0.3, 0.4) is 0 Å². The van der Waals surface area contributed by atoms with E-state index in [-0.39, 0.29) is 5.91 Å². The van der Waals surface area contributed by atoms with Crippen molar-refractivity contribution in [3.05, 3.63) is 52.2 Å². The summed E-state index contributed by atoms with van der Waals surface area (Å²) in [5.41, 5.74) is 1.60. The molecule has 0 saturated heterocycles. The summed E-state index contributed by atoms with van der Waals surface area (Å²) >= 11 is 4.73. The van der Waals surface area contributed by atoms with Crippen molar-refractivity contribution in [2.45, 2.75) is 5.75 Å². The van der Waals surface area contributed by atoms with Crippen LogP contribution >= 0.6 is 34.4 Å². The number of nitrogens with one attached hydrogen (secondary N) is 1. The number of carbonyl (C=O) groups excluding carboxylic acids is 1. The molecule has 4 nitrogen and oxygen atoms in total. The Balaban J connectivity index is 1.50. The summed E-state index contributed by atoms with van der Waals surface area (Å²) in [6, 6.07) is 9.78. The monoisotopic (exact) mass is 347 g/mol. The SMILES string of the molecule is O=C(CSCc1cccs1)Nc1nc(-c2ccccn2)cs1. The van der Waals surface area contributed by atoms with Crippen molar-refractivity contribution < 1.29 is 4.79 Å². The lowest BCUT2D eigenvalue weighted by Crippen LogP contribution is -2.13. The van der Waals surface area contributed by atoms with Crippen molar-refractivity contribution in [2.24, 2.45) is 0 Å². The second-order valence-electron chi connectivity index (χ2n) is 4.37. The van der Waals surface area contributed by atoms with Crippen LogP contribution in [0, 0.1) is 0 Å². The first kappa shape index (κ1) is 15.2. The lowest BCUT2D eigenvalue weighted by molar-refractivity contribution is -0.113. The molecule has 1 N–H and O–H groups in total. The minimum Gasteiger partial charge on any atom is -0.301 e. The molecule has 0 spiro atoms. The molecule has 3 heterocycles. The van der Waals surface area contributed by atoms with Crippen molar-refractivity contribution in [3.8, 4) is 11.4 Å². The number of thiazole rings is 1. The number of nitrogens with zero attached hydrogens (tertiary/aromatic N) is 2. The Kier molecular flexibility index (Phi) is 5.20. The molecular weight excluding hydrogens is 334 g/mol. The molecular formula is C15H13N3OS3. The van der Waals surface area contributed by atoms with E-state index in [4.69, 9.17) is 0 Å². The highest BCUT2D eigenvalue weighted by Gasteiger charge is 2.08. The Hall–Kier alpha value is -1.70. The highest BCUT2D eigenvalue weighted by molar-refractivity contribution is 7.99. The number of pyridine rings is 1. The summed E-state index contributed by atoms with van der Waals surface area (Å²) < 4.78 is 0. The quantitative estimate of drug-likeness (QED) is 0.728. The van der Waals surface area contributed by atoms with Crippen LogP contribution in [0.5, 0.6) is 0 Å². The molecule has 0 bridgehead atoms. The van der Waals surface area contributed by atoms with E-state index in [9.17, 15) is 4.79 Å². The van der Waals surface area contributed by atoms with Crippen LogP contribution in [-0.4, -0.2) is 21.6 Å². The van der Waals surface area contributed by atoms with Crippen LogP contribution in [0.4, 0.5) is 5.13 Å². The molecule has 7 heteroatoms. The summed E-state index contributed by atoms with van der Waals surface area (Å²) in [7, 11) is 0. The molecule has 0 aromatic carbocycles. The maximum absolute atomic E-state index is 11.9. The largest absolute Gasteiger partial charge is 0.301 e. The topological polar surface area (TPSA) is 54.9 Å². The van der Waals surface area contributed by atoms with Crippen molar-refractivity contribution in [1.29, 1.82) is 0 Å². The van der Waals surface area contributed by atoms with Crippen LogP contribution in [0.2, 0.25) is 0 Å². The first-order valence-electron chi connectivity index (χ1n) is 6.58. The Morgan fingerprint density at radius 3 is 2.91 bits per heavy atom. The maximum Gasteiger partial charge on any atom is 0.236 e. The van der Waals surface area contributed by atoms with E-state index in [1.54, 1.807) is 29.3 Å². The highest BCUT2D eigenvalue weighted by Crippen LogP contribution is 2.23. The van der Waals surface area contributed by atoms with E-state index in [1.165, 1.54) is 16.2 Å². The zero-order valence-corrected chi connectivity index (χ0v) is 14.0. The number of carbonyl (C=O) groups is 1. The molecule has 3 aromatic heterocycles. The number of anilines is 1. The van der Waals surface area contributed by atoms with Gasteiger partial charge in [0.05, 0.1) is 11.4 Å². The van der Waals surface area contributed by atoms with Crippen molar-refractivity contribution >= 4 is 45.5 Å². The van der Waals surface area contributed by atoms with Crippen LogP contribution in [0.1, 0.15) is 4.88 Å². The van der Waals surface area contributed by atoms with Crippen molar-refractivity contribution in [2.75, 3.05) is 11.1 Å². The third-order valence-corrected chi connectivity index (χ3v) is 5.53. The first-order valence-corrected chi connectivity index (χ1v) is 9.49. The number of aromatic nitrogens is 2. The summed E-state index contributed by atoms with van der Waals surface area (Å²) in [5, 5.41) is 7.39. The number of thiophene rings is 1. The average molecular weight is 347 g/mol. The van der Waals surface area contributed by atoms with Gasteiger partial charge in [-0.15, -0.1) is 34.4 Å². The number of hydrogen-bond acceptors (Lipinski definition) is 6. The normalized spacial score (nSPS) is 10.5. The Bertz CT molecular complexity index is 726. The van der Waals surface area contributed by atoms with Gasteiger partial charge in [-0.25, -0.2) is 4.98 Å². The van der Waals surface area contributed by atoms with Gasteiger partial charge in [-0.2, -0.15) is 0 Å². The lowest BCUT2D eigenvalue weighted by Gasteiger charge is -2.01. The lowest BCUT2D eigenvalue weighted by atomic mass is 10.3. The van der Waals surface area contributed by atoms with Gasteiger partial charge in [0.2, 0.25) is 5.91 Å². The molecule has 0 unspecified atom stereocenters. The molecule has 0 aliphatic heterocycles. The summed E-state index contributed by atoms with van der Waals surface area (Å²) in [4.78, 5) is 21.8. The molecule has 0 saturated carbocycles. The van der Waals surface area contributed by atoms with Gasteiger partial charge >= 0.3 is 0 Å². The van der Waals surface area contributed by atoms with Crippen molar-refractivity contribution in [3.63, 3.8) is 0 Å². The fraction of sp³-hybridized carbons (Fsp3) is 0.133. The highest BCUT2D eigenvalue weighted by atomic mass is 32.2. The molecule has 0 radical (unpaired) electrons. The zero-order chi connectivity index (χ0) is 15.2. The fourth-order valence-corrected chi connectivity index (χ4v) is 4.15. The van der Waals surface area contributed by atoms with E-state index in [0.717, 1.165) is 17.1 Å².